The zero-order chi connectivity index (χ0) is 9.47. The fourth-order valence-electron chi connectivity index (χ4n) is 1.32. The summed E-state index contributed by atoms with van der Waals surface area (Å²) < 4.78 is 29.3. The van der Waals surface area contributed by atoms with Crippen molar-refractivity contribution in [2.75, 3.05) is 13.1 Å². The van der Waals surface area contributed by atoms with E-state index in [1.807, 2.05) is 0 Å². The number of alkyl halides is 2. The van der Waals surface area contributed by atoms with Crippen molar-refractivity contribution in [3.05, 3.63) is 11.4 Å². The van der Waals surface area contributed by atoms with Crippen LogP contribution in [0.4, 0.5) is 8.78 Å². The number of rotatable bonds is 2. The van der Waals surface area contributed by atoms with Crippen LogP contribution in [0.3, 0.4) is 0 Å². The van der Waals surface area contributed by atoms with Gasteiger partial charge in [-0.1, -0.05) is 10.3 Å². The van der Waals surface area contributed by atoms with E-state index in [1.165, 1.54) is 0 Å². The maximum atomic E-state index is 12.4. The minimum Gasteiger partial charge on any atom is -0.285 e. The standard InChI is InChI=1S/C7H9F2N3O/c1-5-6(11-13-10-5)2-12-3-7(8,9)4-12/h2-4H2,1H3. The Labute approximate surface area is 73.5 Å². The molecule has 6 heteroatoms. The van der Waals surface area contributed by atoms with Crippen molar-refractivity contribution in [3.63, 3.8) is 0 Å². The van der Waals surface area contributed by atoms with Crippen LogP contribution in [0, 0.1) is 6.92 Å². The lowest BCUT2D eigenvalue weighted by Crippen LogP contribution is -2.55. The molecule has 0 spiro atoms. The highest BCUT2D eigenvalue weighted by atomic mass is 19.3. The first-order chi connectivity index (χ1) is 6.07. The molecule has 0 radical (unpaired) electrons. The zero-order valence-corrected chi connectivity index (χ0v) is 7.13. The highest BCUT2D eigenvalue weighted by Crippen LogP contribution is 2.27. The molecular weight excluding hydrogens is 180 g/mol. The van der Waals surface area contributed by atoms with E-state index in [-0.39, 0.29) is 13.1 Å². The first-order valence-electron chi connectivity index (χ1n) is 3.95. The Morgan fingerprint density at radius 1 is 1.46 bits per heavy atom. The molecule has 0 atom stereocenters. The lowest BCUT2D eigenvalue weighted by Gasteiger charge is -2.38. The molecule has 0 N–H and O–H groups in total. The third-order valence-electron chi connectivity index (χ3n) is 2.03. The average Bonchev–Trinajstić information content (AvgIpc) is 2.33. The van der Waals surface area contributed by atoms with Gasteiger partial charge in [0, 0.05) is 6.54 Å². The predicted octanol–water partition coefficient (Wildman–Crippen LogP) is 0.829. The van der Waals surface area contributed by atoms with Crippen molar-refractivity contribution < 1.29 is 13.4 Å². The molecule has 72 valence electrons. The van der Waals surface area contributed by atoms with E-state index in [9.17, 15) is 8.78 Å². The lowest BCUT2D eigenvalue weighted by molar-refractivity contribution is -0.134. The fraction of sp³-hybridized carbons (Fsp3) is 0.714. The van der Waals surface area contributed by atoms with E-state index in [1.54, 1.807) is 11.8 Å². The molecule has 1 aromatic heterocycles. The van der Waals surface area contributed by atoms with Crippen LogP contribution in [0.2, 0.25) is 0 Å². The first-order valence-corrected chi connectivity index (χ1v) is 3.95. The number of aromatic nitrogens is 2. The average molecular weight is 189 g/mol. The van der Waals surface area contributed by atoms with Crippen LogP contribution in [-0.2, 0) is 6.54 Å². The van der Waals surface area contributed by atoms with E-state index in [2.05, 4.69) is 14.9 Å². The van der Waals surface area contributed by atoms with Crippen molar-refractivity contribution >= 4 is 0 Å². The molecule has 0 aliphatic carbocycles. The summed E-state index contributed by atoms with van der Waals surface area (Å²) in [5.41, 5.74) is 1.30. The largest absolute Gasteiger partial charge is 0.285 e. The van der Waals surface area contributed by atoms with E-state index < -0.39 is 5.92 Å². The van der Waals surface area contributed by atoms with Crippen molar-refractivity contribution in [2.45, 2.75) is 19.4 Å². The summed E-state index contributed by atoms with van der Waals surface area (Å²) in [4.78, 5) is 1.60. The second-order valence-corrected chi connectivity index (χ2v) is 3.30. The van der Waals surface area contributed by atoms with Crippen molar-refractivity contribution in [3.8, 4) is 0 Å². The van der Waals surface area contributed by atoms with Gasteiger partial charge >= 0.3 is 0 Å². The molecule has 13 heavy (non-hydrogen) atoms. The smallest absolute Gasteiger partial charge is 0.272 e. The number of halogens is 2. The molecule has 1 aliphatic heterocycles. The number of aryl methyl sites for hydroxylation is 1. The quantitative estimate of drug-likeness (QED) is 0.691. The number of hydrogen-bond donors (Lipinski definition) is 0. The van der Waals surface area contributed by atoms with Crippen LogP contribution in [0.25, 0.3) is 0 Å². The minimum atomic E-state index is -2.52. The van der Waals surface area contributed by atoms with Gasteiger partial charge in [-0.15, -0.1) is 0 Å². The van der Waals surface area contributed by atoms with Gasteiger partial charge in [-0.25, -0.2) is 13.4 Å². The molecular formula is C7H9F2N3O. The number of hydrogen-bond acceptors (Lipinski definition) is 4. The normalized spacial score (nSPS) is 21.5. The second kappa shape index (κ2) is 2.73. The highest BCUT2D eigenvalue weighted by molar-refractivity contribution is 5.05. The first kappa shape index (κ1) is 8.55. The summed E-state index contributed by atoms with van der Waals surface area (Å²) in [7, 11) is 0. The Morgan fingerprint density at radius 2 is 2.15 bits per heavy atom. The SMILES string of the molecule is Cc1nonc1CN1CC(F)(F)C1. The van der Waals surface area contributed by atoms with Crippen molar-refractivity contribution in [1.82, 2.24) is 15.2 Å². The van der Waals surface area contributed by atoms with E-state index in [0.29, 0.717) is 17.9 Å². The second-order valence-electron chi connectivity index (χ2n) is 3.30. The van der Waals surface area contributed by atoms with Gasteiger partial charge in [-0.05, 0) is 6.92 Å². The van der Waals surface area contributed by atoms with Gasteiger partial charge in [0.2, 0.25) is 0 Å². The van der Waals surface area contributed by atoms with E-state index in [4.69, 9.17) is 0 Å². The Bertz CT molecular complexity index is 304. The Morgan fingerprint density at radius 3 is 2.62 bits per heavy atom. The number of likely N-dealkylation sites (tertiary alicyclic amines) is 1. The predicted molar refractivity (Wildman–Crippen MR) is 39.3 cm³/mol. The Hall–Kier alpha value is -1.04. The summed E-state index contributed by atoms with van der Waals surface area (Å²) in [6.07, 6.45) is 0. The van der Waals surface area contributed by atoms with Crippen molar-refractivity contribution in [1.29, 1.82) is 0 Å². The summed E-state index contributed by atoms with van der Waals surface area (Å²) in [5, 5.41) is 7.18. The Kier molecular flexibility index (Phi) is 1.80. The molecule has 1 saturated heterocycles. The molecule has 0 saturated carbocycles. The van der Waals surface area contributed by atoms with Gasteiger partial charge in [-0.3, -0.25) is 4.90 Å². The van der Waals surface area contributed by atoms with Crippen LogP contribution < -0.4 is 0 Å². The molecule has 2 heterocycles. The lowest BCUT2D eigenvalue weighted by atomic mass is 10.1. The molecule has 1 fully saturated rings. The monoisotopic (exact) mass is 189 g/mol. The summed E-state index contributed by atoms with van der Waals surface area (Å²) >= 11 is 0. The van der Waals surface area contributed by atoms with Crippen LogP contribution in [-0.4, -0.2) is 34.2 Å². The molecule has 0 unspecified atom stereocenters. The molecule has 0 amide bonds. The maximum Gasteiger partial charge on any atom is 0.272 e. The summed E-state index contributed by atoms with van der Waals surface area (Å²) in [6, 6.07) is 0. The van der Waals surface area contributed by atoms with Gasteiger partial charge in [-0.2, -0.15) is 0 Å². The van der Waals surface area contributed by atoms with E-state index >= 15 is 0 Å². The van der Waals surface area contributed by atoms with Crippen LogP contribution >= 0.6 is 0 Å². The minimum absolute atomic E-state index is 0.195. The van der Waals surface area contributed by atoms with Gasteiger partial charge in [0.05, 0.1) is 13.1 Å². The molecule has 1 aliphatic rings. The summed E-state index contributed by atoms with van der Waals surface area (Å²) in [6.45, 7) is 1.74. The molecule has 0 bridgehead atoms. The molecule has 0 aromatic carbocycles. The van der Waals surface area contributed by atoms with Crippen LogP contribution in [0.15, 0.2) is 4.63 Å². The summed E-state index contributed by atoms with van der Waals surface area (Å²) in [5.74, 6) is -2.52. The van der Waals surface area contributed by atoms with Gasteiger partial charge in [0.15, 0.2) is 0 Å². The van der Waals surface area contributed by atoms with Crippen molar-refractivity contribution in [2.24, 2.45) is 0 Å². The third-order valence-corrected chi connectivity index (χ3v) is 2.03. The topological polar surface area (TPSA) is 42.2 Å². The maximum absolute atomic E-state index is 12.4. The van der Waals surface area contributed by atoms with E-state index in [0.717, 1.165) is 0 Å². The Balaban J connectivity index is 1.91. The molecule has 2 rings (SSSR count). The van der Waals surface area contributed by atoms with Crippen LogP contribution in [0.5, 0.6) is 0 Å². The zero-order valence-electron chi connectivity index (χ0n) is 7.13. The van der Waals surface area contributed by atoms with Gasteiger partial charge < -0.3 is 0 Å². The van der Waals surface area contributed by atoms with Gasteiger partial charge in [0.25, 0.3) is 5.92 Å². The molecule has 4 nitrogen and oxygen atoms in total. The van der Waals surface area contributed by atoms with Crippen LogP contribution in [0.1, 0.15) is 11.4 Å². The fourth-order valence-corrected chi connectivity index (χ4v) is 1.32. The highest BCUT2D eigenvalue weighted by Gasteiger charge is 2.43. The van der Waals surface area contributed by atoms with Gasteiger partial charge in [0.1, 0.15) is 11.4 Å². The molecule has 1 aromatic rings. The number of nitrogens with zero attached hydrogens (tertiary/aromatic N) is 3. The third kappa shape index (κ3) is 1.67.